The molecule has 0 saturated carbocycles. The number of carbonyl (C=O) groups is 1. The number of aromatic nitrogens is 2. The van der Waals surface area contributed by atoms with Gasteiger partial charge in [-0.3, -0.25) is 9.59 Å². The van der Waals surface area contributed by atoms with Crippen molar-refractivity contribution in [2.45, 2.75) is 6.42 Å². The summed E-state index contributed by atoms with van der Waals surface area (Å²) in [6.07, 6.45) is 2.32. The molecule has 0 bridgehead atoms. The zero-order chi connectivity index (χ0) is 16.8. The zero-order valence-electron chi connectivity index (χ0n) is 12.5. The number of benzene rings is 1. The molecule has 2 aromatic rings. The number of nitrogens with one attached hydrogen (secondary N) is 2. The van der Waals surface area contributed by atoms with Crippen molar-refractivity contribution in [2.24, 2.45) is 7.05 Å². The molecule has 1 amide bonds. The molecule has 0 atom stereocenters. The lowest BCUT2D eigenvalue weighted by Crippen LogP contribution is -2.26. The molecule has 122 valence electrons. The SMILES string of the molecule is Cn1ncc(NCCCNC(=O)c2ccc(Br)cc2)c(Br)c1=O. The van der Waals surface area contributed by atoms with Crippen molar-refractivity contribution in [1.29, 1.82) is 0 Å². The average molecular weight is 444 g/mol. The van der Waals surface area contributed by atoms with E-state index in [4.69, 9.17) is 0 Å². The van der Waals surface area contributed by atoms with Crippen LogP contribution in [0, 0.1) is 0 Å². The van der Waals surface area contributed by atoms with Crippen molar-refractivity contribution in [1.82, 2.24) is 15.1 Å². The largest absolute Gasteiger partial charge is 0.383 e. The molecule has 0 aliphatic rings. The van der Waals surface area contributed by atoms with E-state index in [-0.39, 0.29) is 11.5 Å². The Hall–Kier alpha value is -1.67. The highest BCUT2D eigenvalue weighted by molar-refractivity contribution is 9.10. The molecule has 8 heteroatoms. The molecule has 0 fully saturated rings. The van der Waals surface area contributed by atoms with Crippen LogP contribution in [-0.4, -0.2) is 28.8 Å². The van der Waals surface area contributed by atoms with Crippen LogP contribution in [0.3, 0.4) is 0 Å². The van der Waals surface area contributed by atoms with Crippen LogP contribution in [0.15, 0.2) is 44.2 Å². The Morgan fingerprint density at radius 2 is 1.91 bits per heavy atom. The first-order valence-electron chi connectivity index (χ1n) is 6.98. The summed E-state index contributed by atoms with van der Waals surface area (Å²) in [5.74, 6) is -0.103. The second-order valence-electron chi connectivity index (χ2n) is 4.84. The minimum atomic E-state index is -0.196. The third-order valence-corrected chi connectivity index (χ3v) is 4.43. The molecule has 0 unspecified atom stereocenters. The maximum atomic E-state index is 11.9. The van der Waals surface area contributed by atoms with Crippen LogP contribution >= 0.6 is 31.9 Å². The van der Waals surface area contributed by atoms with Crippen LogP contribution in [0.5, 0.6) is 0 Å². The maximum absolute atomic E-state index is 11.9. The zero-order valence-corrected chi connectivity index (χ0v) is 15.6. The highest BCUT2D eigenvalue weighted by atomic mass is 79.9. The van der Waals surface area contributed by atoms with Crippen LogP contribution in [0.25, 0.3) is 0 Å². The lowest BCUT2D eigenvalue weighted by Gasteiger charge is -2.09. The Balaban J connectivity index is 1.76. The molecule has 0 saturated heterocycles. The van der Waals surface area contributed by atoms with Gasteiger partial charge in [0.15, 0.2) is 0 Å². The maximum Gasteiger partial charge on any atom is 0.282 e. The monoisotopic (exact) mass is 442 g/mol. The topological polar surface area (TPSA) is 76.0 Å². The van der Waals surface area contributed by atoms with E-state index in [1.807, 2.05) is 12.1 Å². The van der Waals surface area contributed by atoms with Crippen LogP contribution in [0.4, 0.5) is 5.69 Å². The summed E-state index contributed by atoms with van der Waals surface area (Å²) in [4.78, 5) is 23.6. The van der Waals surface area contributed by atoms with Gasteiger partial charge in [-0.1, -0.05) is 15.9 Å². The summed E-state index contributed by atoms with van der Waals surface area (Å²) >= 11 is 6.58. The van der Waals surface area contributed by atoms with Gasteiger partial charge in [-0.25, -0.2) is 4.68 Å². The van der Waals surface area contributed by atoms with Gasteiger partial charge in [0, 0.05) is 30.2 Å². The van der Waals surface area contributed by atoms with Gasteiger partial charge in [-0.2, -0.15) is 5.10 Å². The summed E-state index contributed by atoms with van der Waals surface area (Å²) in [5.41, 5.74) is 1.07. The Morgan fingerprint density at radius 1 is 1.22 bits per heavy atom. The van der Waals surface area contributed by atoms with Crippen LogP contribution in [0.2, 0.25) is 0 Å². The summed E-state index contributed by atoms with van der Waals surface area (Å²) < 4.78 is 2.65. The van der Waals surface area contributed by atoms with Gasteiger partial charge in [0.2, 0.25) is 0 Å². The lowest BCUT2D eigenvalue weighted by molar-refractivity contribution is 0.0953. The van der Waals surface area contributed by atoms with Crippen LogP contribution < -0.4 is 16.2 Å². The van der Waals surface area contributed by atoms with Gasteiger partial charge in [-0.15, -0.1) is 0 Å². The number of anilines is 1. The van der Waals surface area contributed by atoms with E-state index < -0.39 is 0 Å². The Bertz CT molecular complexity index is 744. The summed E-state index contributed by atoms with van der Waals surface area (Å²) in [6, 6.07) is 7.19. The minimum absolute atomic E-state index is 0.103. The van der Waals surface area contributed by atoms with Crippen molar-refractivity contribution in [2.75, 3.05) is 18.4 Å². The van der Waals surface area contributed by atoms with E-state index in [1.54, 1.807) is 25.4 Å². The summed E-state index contributed by atoms with van der Waals surface area (Å²) in [6.45, 7) is 1.16. The van der Waals surface area contributed by atoms with Crippen molar-refractivity contribution in [3.63, 3.8) is 0 Å². The predicted octanol–water partition coefficient (Wildman–Crippen LogP) is 2.54. The first-order chi connectivity index (χ1) is 11.0. The van der Waals surface area contributed by atoms with Crippen molar-refractivity contribution < 1.29 is 4.79 Å². The molecule has 1 aromatic heterocycles. The van der Waals surface area contributed by atoms with E-state index in [0.29, 0.717) is 28.8 Å². The molecule has 0 radical (unpaired) electrons. The molecule has 1 aromatic carbocycles. The lowest BCUT2D eigenvalue weighted by atomic mass is 10.2. The fourth-order valence-electron chi connectivity index (χ4n) is 1.85. The van der Waals surface area contributed by atoms with Crippen molar-refractivity contribution >= 4 is 43.5 Å². The van der Waals surface area contributed by atoms with Gasteiger partial charge in [0.1, 0.15) is 4.47 Å². The molecule has 2 N–H and O–H groups in total. The van der Waals surface area contributed by atoms with Crippen LogP contribution in [-0.2, 0) is 7.05 Å². The van der Waals surface area contributed by atoms with E-state index in [0.717, 1.165) is 10.9 Å². The standard InChI is InChI=1S/C15H16Br2N4O2/c1-21-15(23)13(17)12(9-20-21)18-7-2-8-19-14(22)10-3-5-11(16)6-4-10/h3-6,9,18H,2,7-8H2,1H3,(H,19,22). The molecule has 0 aliphatic carbocycles. The second-order valence-corrected chi connectivity index (χ2v) is 6.55. The average Bonchev–Trinajstić information content (AvgIpc) is 2.54. The van der Waals surface area contributed by atoms with Gasteiger partial charge >= 0.3 is 0 Å². The highest BCUT2D eigenvalue weighted by Gasteiger charge is 2.07. The number of carbonyl (C=O) groups excluding carboxylic acids is 1. The van der Waals surface area contributed by atoms with Gasteiger partial charge in [0.25, 0.3) is 11.5 Å². The first kappa shape index (κ1) is 17.7. The van der Waals surface area contributed by atoms with Gasteiger partial charge in [0.05, 0.1) is 11.9 Å². The molecule has 1 heterocycles. The summed E-state index contributed by atoms with van der Waals surface area (Å²) in [5, 5.41) is 9.93. The smallest absolute Gasteiger partial charge is 0.282 e. The Morgan fingerprint density at radius 3 is 2.61 bits per heavy atom. The van der Waals surface area contributed by atoms with Gasteiger partial charge < -0.3 is 10.6 Å². The number of rotatable bonds is 6. The molecule has 0 spiro atoms. The molecule has 2 rings (SSSR count). The Labute approximate surface area is 150 Å². The molecule has 6 nitrogen and oxygen atoms in total. The number of halogens is 2. The normalized spacial score (nSPS) is 10.4. The fourth-order valence-corrected chi connectivity index (χ4v) is 2.61. The van der Waals surface area contributed by atoms with E-state index >= 15 is 0 Å². The fraction of sp³-hybridized carbons (Fsp3) is 0.267. The molecule has 0 aliphatic heterocycles. The number of nitrogens with zero attached hydrogens (tertiary/aromatic N) is 2. The molecular formula is C15H16Br2N4O2. The number of hydrogen-bond donors (Lipinski definition) is 2. The van der Waals surface area contributed by atoms with E-state index in [9.17, 15) is 9.59 Å². The van der Waals surface area contributed by atoms with Crippen LogP contribution in [0.1, 0.15) is 16.8 Å². The van der Waals surface area contributed by atoms with E-state index in [1.165, 1.54) is 4.68 Å². The highest BCUT2D eigenvalue weighted by Crippen LogP contribution is 2.15. The van der Waals surface area contributed by atoms with E-state index in [2.05, 4.69) is 47.6 Å². The molecular weight excluding hydrogens is 428 g/mol. The summed E-state index contributed by atoms with van der Waals surface area (Å²) in [7, 11) is 1.59. The van der Waals surface area contributed by atoms with Crippen molar-refractivity contribution in [3.8, 4) is 0 Å². The number of amides is 1. The third kappa shape index (κ3) is 4.90. The van der Waals surface area contributed by atoms with Gasteiger partial charge in [-0.05, 0) is 46.6 Å². The quantitative estimate of drug-likeness (QED) is 0.672. The number of aryl methyl sites for hydroxylation is 1. The van der Waals surface area contributed by atoms with Crippen molar-refractivity contribution in [3.05, 3.63) is 55.3 Å². The second kappa shape index (κ2) is 8.26. The minimum Gasteiger partial charge on any atom is -0.383 e. The predicted molar refractivity (Wildman–Crippen MR) is 96.8 cm³/mol. The third-order valence-electron chi connectivity index (χ3n) is 3.14. The first-order valence-corrected chi connectivity index (χ1v) is 8.57. The Kier molecular flexibility index (Phi) is 6.35. The molecule has 23 heavy (non-hydrogen) atoms. The number of hydrogen-bond acceptors (Lipinski definition) is 4.